The van der Waals surface area contributed by atoms with Crippen LogP contribution in [0.5, 0.6) is 0 Å². The van der Waals surface area contributed by atoms with Gasteiger partial charge in [0.05, 0.1) is 5.57 Å². The molecule has 92 valence electrons. The number of allylic oxidation sites excluding steroid dienone is 1. The quantitative estimate of drug-likeness (QED) is 0.659. The summed E-state index contributed by atoms with van der Waals surface area (Å²) in [6.07, 6.45) is 5.11. The number of rotatable bonds is 4. The van der Waals surface area contributed by atoms with Gasteiger partial charge < -0.3 is 9.88 Å². The number of hydrogen-bond donors (Lipinski definition) is 1. The van der Waals surface area contributed by atoms with Gasteiger partial charge in [0.2, 0.25) is 0 Å². The van der Waals surface area contributed by atoms with Crippen molar-refractivity contribution in [1.29, 1.82) is 0 Å². The Labute approximate surface area is 106 Å². The Morgan fingerprint density at radius 2 is 2.00 bits per heavy atom. The van der Waals surface area contributed by atoms with Gasteiger partial charge in [0, 0.05) is 38.3 Å². The fourth-order valence-corrected chi connectivity index (χ4v) is 1.64. The highest BCUT2D eigenvalue weighted by molar-refractivity contribution is 6.28. The summed E-state index contributed by atoms with van der Waals surface area (Å²) in [6, 6.07) is 9.19. The van der Waals surface area contributed by atoms with E-state index >= 15 is 0 Å². The highest BCUT2D eigenvalue weighted by Gasteiger charge is 2.16. The second kappa shape index (κ2) is 5.31. The summed E-state index contributed by atoms with van der Waals surface area (Å²) in [7, 11) is 3.75. The fraction of sp³-hybridized carbons (Fsp3) is 0.143. The van der Waals surface area contributed by atoms with Gasteiger partial charge >= 0.3 is 0 Å². The lowest BCUT2D eigenvalue weighted by molar-refractivity contribution is 0.105. The van der Waals surface area contributed by atoms with Gasteiger partial charge in [0.25, 0.3) is 0 Å². The minimum atomic E-state index is -0.0424. The van der Waals surface area contributed by atoms with Crippen LogP contribution in [-0.2, 0) is 0 Å². The Hall–Kier alpha value is -2.36. The van der Waals surface area contributed by atoms with Gasteiger partial charge in [-0.05, 0) is 0 Å². The molecular formula is C14H15N3O. The van der Waals surface area contributed by atoms with Crippen molar-refractivity contribution < 1.29 is 4.79 Å². The van der Waals surface area contributed by atoms with Crippen molar-refractivity contribution in [2.45, 2.75) is 0 Å². The molecule has 0 bridgehead atoms. The number of carbonyl (C=O) groups excluding carboxylic acids is 1. The minimum absolute atomic E-state index is 0.0424. The maximum absolute atomic E-state index is 12.4. The van der Waals surface area contributed by atoms with Gasteiger partial charge in [-0.25, -0.2) is 4.98 Å². The molecule has 0 saturated carbocycles. The monoisotopic (exact) mass is 241 g/mol. The van der Waals surface area contributed by atoms with Crippen LogP contribution in [0, 0.1) is 0 Å². The summed E-state index contributed by atoms with van der Waals surface area (Å²) in [4.78, 5) is 21.4. The largest absolute Gasteiger partial charge is 0.383 e. The van der Waals surface area contributed by atoms with Crippen molar-refractivity contribution in [3.05, 3.63) is 60.3 Å². The molecule has 1 aromatic carbocycles. The first-order chi connectivity index (χ1) is 8.68. The van der Waals surface area contributed by atoms with E-state index in [0.717, 1.165) is 0 Å². The summed E-state index contributed by atoms with van der Waals surface area (Å²) in [5, 5.41) is 0. The number of aromatic nitrogens is 2. The first-order valence-electron chi connectivity index (χ1n) is 5.66. The zero-order valence-corrected chi connectivity index (χ0v) is 10.4. The van der Waals surface area contributed by atoms with Gasteiger partial charge in [-0.1, -0.05) is 30.3 Å². The second-order valence-electron chi connectivity index (χ2n) is 4.14. The van der Waals surface area contributed by atoms with Gasteiger partial charge in [-0.15, -0.1) is 0 Å². The number of carbonyl (C=O) groups is 1. The number of H-pyrrole nitrogens is 1. The molecule has 0 fully saturated rings. The Bertz CT molecular complexity index is 542. The highest BCUT2D eigenvalue weighted by Crippen LogP contribution is 2.16. The number of hydrogen-bond acceptors (Lipinski definition) is 3. The van der Waals surface area contributed by atoms with Crippen LogP contribution in [-0.4, -0.2) is 34.7 Å². The molecule has 18 heavy (non-hydrogen) atoms. The van der Waals surface area contributed by atoms with Gasteiger partial charge in [0.1, 0.15) is 5.82 Å². The third-order valence-corrected chi connectivity index (χ3v) is 2.42. The van der Waals surface area contributed by atoms with Crippen LogP contribution >= 0.6 is 0 Å². The fourth-order valence-electron chi connectivity index (χ4n) is 1.64. The van der Waals surface area contributed by atoms with Gasteiger partial charge in [-0.3, -0.25) is 4.79 Å². The molecule has 0 amide bonds. The molecule has 0 aliphatic rings. The Morgan fingerprint density at radius 3 is 2.56 bits per heavy atom. The average molecular weight is 241 g/mol. The molecule has 0 saturated heterocycles. The van der Waals surface area contributed by atoms with Crippen molar-refractivity contribution in [2.24, 2.45) is 0 Å². The molecule has 4 nitrogen and oxygen atoms in total. The van der Waals surface area contributed by atoms with Crippen molar-refractivity contribution in [3.63, 3.8) is 0 Å². The molecule has 0 atom stereocenters. The smallest absolute Gasteiger partial charge is 0.198 e. The molecule has 1 aromatic heterocycles. The molecule has 4 heteroatoms. The summed E-state index contributed by atoms with van der Waals surface area (Å²) < 4.78 is 0. The Balaban J connectivity index is 2.40. The predicted octanol–water partition coefficient (Wildman–Crippen LogP) is 2.20. The summed E-state index contributed by atoms with van der Waals surface area (Å²) >= 11 is 0. The van der Waals surface area contributed by atoms with E-state index in [-0.39, 0.29) is 5.78 Å². The molecule has 1 heterocycles. The second-order valence-corrected chi connectivity index (χ2v) is 4.14. The maximum atomic E-state index is 12.4. The van der Waals surface area contributed by atoms with Crippen molar-refractivity contribution >= 4 is 11.4 Å². The normalized spacial score (nSPS) is 11.3. The van der Waals surface area contributed by atoms with E-state index in [1.807, 2.05) is 37.2 Å². The van der Waals surface area contributed by atoms with Crippen LogP contribution in [0.2, 0.25) is 0 Å². The lowest BCUT2D eigenvalue weighted by Crippen LogP contribution is -2.10. The number of nitrogens with zero attached hydrogens (tertiary/aromatic N) is 2. The molecule has 0 aliphatic carbocycles. The summed E-state index contributed by atoms with van der Waals surface area (Å²) in [5.41, 5.74) is 1.21. The predicted molar refractivity (Wildman–Crippen MR) is 71.0 cm³/mol. The Kier molecular flexibility index (Phi) is 3.57. The third kappa shape index (κ3) is 2.66. The Morgan fingerprint density at radius 1 is 1.28 bits per heavy atom. The minimum Gasteiger partial charge on any atom is -0.383 e. The molecule has 0 spiro atoms. The van der Waals surface area contributed by atoms with E-state index in [1.54, 1.807) is 30.7 Å². The summed E-state index contributed by atoms with van der Waals surface area (Å²) in [5.74, 6) is 0.539. The van der Waals surface area contributed by atoms with Crippen LogP contribution in [0.1, 0.15) is 16.2 Å². The molecule has 0 aliphatic heterocycles. The van der Waals surface area contributed by atoms with Crippen LogP contribution < -0.4 is 0 Å². The zero-order valence-electron chi connectivity index (χ0n) is 10.4. The highest BCUT2D eigenvalue weighted by atomic mass is 16.1. The van der Waals surface area contributed by atoms with Crippen LogP contribution in [0.25, 0.3) is 5.57 Å². The van der Waals surface area contributed by atoms with E-state index in [2.05, 4.69) is 9.97 Å². The van der Waals surface area contributed by atoms with Gasteiger partial charge in [-0.2, -0.15) is 0 Å². The van der Waals surface area contributed by atoms with Crippen LogP contribution in [0.3, 0.4) is 0 Å². The number of benzene rings is 1. The molecule has 2 rings (SSSR count). The first kappa shape index (κ1) is 12.1. The van der Waals surface area contributed by atoms with Gasteiger partial charge in [0.15, 0.2) is 5.78 Å². The van der Waals surface area contributed by atoms with Crippen LogP contribution in [0.4, 0.5) is 0 Å². The topological polar surface area (TPSA) is 49.0 Å². The van der Waals surface area contributed by atoms with E-state index in [0.29, 0.717) is 17.0 Å². The van der Waals surface area contributed by atoms with Crippen molar-refractivity contribution in [2.75, 3.05) is 14.1 Å². The average Bonchev–Trinajstić information content (AvgIpc) is 2.89. The van der Waals surface area contributed by atoms with E-state index in [9.17, 15) is 4.79 Å². The van der Waals surface area contributed by atoms with Crippen molar-refractivity contribution in [1.82, 2.24) is 14.9 Å². The molecular weight excluding hydrogens is 226 g/mol. The maximum Gasteiger partial charge on any atom is 0.198 e. The number of Topliss-reactive ketones (excluding diaryl/α,β-unsaturated/α-hetero) is 1. The number of nitrogens with one attached hydrogen (secondary N) is 1. The number of ketones is 1. The van der Waals surface area contributed by atoms with Crippen LogP contribution in [0.15, 0.2) is 48.9 Å². The first-order valence-corrected chi connectivity index (χ1v) is 5.66. The molecule has 0 radical (unpaired) electrons. The van der Waals surface area contributed by atoms with Crippen molar-refractivity contribution in [3.8, 4) is 0 Å². The number of imidazole rings is 1. The lowest BCUT2D eigenvalue weighted by atomic mass is 10.0. The van der Waals surface area contributed by atoms with E-state index in [4.69, 9.17) is 0 Å². The standard InChI is InChI=1S/C14H15N3O/c1-17(2)10-12(14-15-8-9-16-14)13(18)11-6-4-3-5-7-11/h3-10H,1-2H3,(H,15,16). The molecule has 1 N–H and O–H groups in total. The zero-order chi connectivity index (χ0) is 13.0. The lowest BCUT2D eigenvalue weighted by Gasteiger charge is -2.09. The molecule has 0 unspecified atom stereocenters. The number of aromatic amines is 1. The van der Waals surface area contributed by atoms with E-state index in [1.165, 1.54) is 0 Å². The SMILES string of the molecule is CN(C)C=C(C(=O)c1ccccc1)c1ncc[nH]1. The molecule has 2 aromatic rings. The summed E-state index contributed by atoms with van der Waals surface area (Å²) in [6.45, 7) is 0. The third-order valence-electron chi connectivity index (χ3n) is 2.42. The van der Waals surface area contributed by atoms with E-state index < -0.39 is 0 Å².